The van der Waals surface area contributed by atoms with Gasteiger partial charge in [0.2, 0.25) is 5.91 Å². The molecule has 18 heavy (non-hydrogen) atoms. The second-order valence-corrected chi connectivity index (χ2v) is 4.34. The minimum atomic E-state index is -0.101. The average molecular weight is 249 g/mol. The summed E-state index contributed by atoms with van der Waals surface area (Å²) in [4.78, 5) is 11.4. The summed E-state index contributed by atoms with van der Waals surface area (Å²) in [5.74, 6) is -0.101. The van der Waals surface area contributed by atoms with Crippen LogP contribution in [-0.4, -0.2) is 19.1 Å². The molecular formula is C15H23NO2. The van der Waals surface area contributed by atoms with Gasteiger partial charge < -0.3 is 10.1 Å². The van der Waals surface area contributed by atoms with Crippen molar-refractivity contribution in [3.8, 4) is 0 Å². The van der Waals surface area contributed by atoms with Crippen molar-refractivity contribution in [3.05, 3.63) is 29.8 Å². The molecule has 0 aliphatic carbocycles. The molecule has 1 aromatic rings. The first-order valence-corrected chi connectivity index (χ1v) is 6.72. The van der Waals surface area contributed by atoms with E-state index in [1.54, 1.807) is 0 Å². The lowest BCUT2D eigenvalue weighted by molar-refractivity contribution is -0.120. The van der Waals surface area contributed by atoms with Crippen molar-refractivity contribution in [2.24, 2.45) is 0 Å². The third-order valence-electron chi connectivity index (χ3n) is 2.74. The Morgan fingerprint density at radius 1 is 1.17 bits per heavy atom. The van der Waals surface area contributed by atoms with Crippen LogP contribution in [0, 0.1) is 0 Å². The number of carbonyl (C=O) groups is 1. The third kappa shape index (κ3) is 5.82. The van der Waals surface area contributed by atoms with Gasteiger partial charge in [-0.15, -0.1) is 0 Å². The van der Waals surface area contributed by atoms with Gasteiger partial charge in [-0.05, 0) is 37.5 Å². The quantitative estimate of drug-likeness (QED) is 0.717. The van der Waals surface area contributed by atoms with Gasteiger partial charge in [0, 0.05) is 12.3 Å². The predicted octanol–water partition coefficient (Wildman–Crippen LogP) is 3.39. The van der Waals surface area contributed by atoms with Crippen LogP contribution in [0.2, 0.25) is 0 Å². The number of anilines is 1. The lowest BCUT2D eigenvalue weighted by atomic mass is 10.1. The zero-order valence-corrected chi connectivity index (χ0v) is 11.4. The van der Waals surface area contributed by atoms with Gasteiger partial charge in [-0.25, -0.2) is 0 Å². The molecule has 0 heterocycles. The van der Waals surface area contributed by atoms with E-state index < -0.39 is 0 Å². The summed E-state index contributed by atoms with van der Waals surface area (Å²) in [7, 11) is 0. The topological polar surface area (TPSA) is 38.3 Å². The third-order valence-corrected chi connectivity index (χ3v) is 2.74. The molecule has 0 aliphatic rings. The molecule has 0 saturated heterocycles. The molecule has 3 heteroatoms. The van der Waals surface area contributed by atoms with Crippen LogP contribution in [0.1, 0.15) is 38.7 Å². The van der Waals surface area contributed by atoms with Crippen LogP contribution in [0.15, 0.2) is 24.3 Å². The second kappa shape index (κ2) is 8.70. The number of aryl methyl sites for hydroxylation is 1. The van der Waals surface area contributed by atoms with Crippen molar-refractivity contribution in [2.45, 2.75) is 39.5 Å². The lowest BCUT2D eigenvalue weighted by Gasteiger charge is -2.06. The van der Waals surface area contributed by atoms with Crippen LogP contribution < -0.4 is 5.32 Å². The summed E-state index contributed by atoms with van der Waals surface area (Å²) < 4.78 is 5.04. The van der Waals surface area contributed by atoms with Gasteiger partial charge in [-0.2, -0.15) is 0 Å². The summed E-state index contributed by atoms with van der Waals surface area (Å²) in [6, 6.07) is 8.05. The molecule has 0 atom stereocenters. The fraction of sp³-hybridized carbons (Fsp3) is 0.533. The van der Waals surface area contributed by atoms with E-state index >= 15 is 0 Å². The van der Waals surface area contributed by atoms with Gasteiger partial charge >= 0.3 is 0 Å². The first-order chi connectivity index (χ1) is 8.76. The molecule has 0 aromatic heterocycles. The molecule has 1 aromatic carbocycles. The highest BCUT2D eigenvalue weighted by molar-refractivity contribution is 5.91. The van der Waals surface area contributed by atoms with Crippen LogP contribution in [0.25, 0.3) is 0 Å². The van der Waals surface area contributed by atoms with Crippen molar-refractivity contribution in [1.82, 2.24) is 0 Å². The van der Waals surface area contributed by atoms with E-state index in [4.69, 9.17) is 4.74 Å². The minimum Gasteiger partial charge on any atom is -0.372 e. The highest BCUT2D eigenvalue weighted by Gasteiger charge is 2.01. The van der Waals surface area contributed by atoms with E-state index in [1.807, 2.05) is 19.1 Å². The van der Waals surface area contributed by atoms with Crippen LogP contribution in [-0.2, 0) is 16.0 Å². The number of carbonyl (C=O) groups excluding carboxylic acids is 1. The highest BCUT2D eigenvalue weighted by Crippen LogP contribution is 2.12. The largest absolute Gasteiger partial charge is 0.372 e. The molecule has 1 rings (SSSR count). The molecule has 3 nitrogen and oxygen atoms in total. The van der Waals surface area contributed by atoms with Crippen molar-refractivity contribution in [1.29, 1.82) is 0 Å². The Bertz CT molecular complexity index is 346. The molecule has 0 bridgehead atoms. The maximum atomic E-state index is 11.4. The normalized spacial score (nSPS) is 10.3. The van der Waals surface area contributed by atoms with Crippen molar-refractivity contribution in [2.75, 3.05) is 18.5 Å². The van der Waals surface area contributed by atoms with Gasteiger partial charge in [0.25, 0.3) is 0 Å². The Balaban J connectivity index is 2.37. The maximum absolute atomic E-state index is 11.4. The van der Waals surface area contributed by atoms with E-state index in [2.05, 4.69) is 24.4 Å². The molecule has 1 N–H and O–H groups in total. The Morgan fingerprint density at radius 3 is 2.50 bits per heavy atom. The first-order valence-electron chi connectivity index (χ1n) is 6.72. The van der Waals surface area contributed by atoms with E-state index in [0.717, 1.165) is 12.1 Å². The van der Waals surface area contributed by atoms with Gasteiger partial charge in [0.1, 0.15) is 6.61 Å². The monoisotopic (exact) mass is 249 g/mol. The molecule has 0 saturated carbocycles. The summed E-state index contributed by atoms with van der Waals surface area (Å²) in [5, 5.41) is 2.81. The van der Waals surface area contributed by atoms with E-state index in [-0.39, 0.29) is 12.5 Å². The van der Waals surface area contributed by atoms with Crippen molar-refractivity contribution in [3.63, 3.8) is 0 Å². The zero-order valence-electron chi connectivity index (χ0n) is 11.4. The summed E-state index contributed by atoms with van der Waals surface area (Å²) in [6.45, 7) is 4.76. The molecule has 0 aliphatic heterocycles. The molecule has 0 spiro atoms. The van der Waals surface area contributed by atoms with Gasteiger partial charge in [-0.1, -0.05) is 31.9 Å². The number of ether oxygens (including phenoxy) is 1. The van der Waals surface area contributed by atoms with Crippen LogP contribution in [0.5, 0.6) is 0 Å². The SMILES string of the molecule is CCCCCc1ccc(NC(=O)COCC)cc1. The first kappa shape index (κ1) is 14.7. The van der Waals surface area contributed by atoms with Gasteiger partial charge in [0.05, 0.1) is 0 Å². The Hall–Kier alpha value is -1.35. The maximum Gasteiger partial charge on any atom is 0.250 e. The molecule has 0 radical (unpaired) electrons. The number of amides is 1. The molecule has 100 valence electrons. The predicted molar refractivity (Wildman–Crippen MR) is 74.8 cm³/mol. The fourth-order valence-electron chi connectivity index (χ4n) is 1.73. The van der Waals surface area contributed by atoms with Gasteiger partial charge in [-0.3, -0.25) is 4.79 Å². The second-order valence-electron chi connectivity index (χ2n) is 4.34. The lowest BCUT2D eigenvalue weighted by Crippen LogP contribution is -2.18. The smallest absolute Gasteiger partial charge is 0.250 e. The summed E-state index contributed by atoms with van der Waals surface area (Å²) in [6.07, 6.45) is 4.85. The standard InChI is InChI=1S/C15H23NO2/c1-3-5-6-7-13-8-10-14(11-9-13)16-15(17)12-18-4-2/h8-11H,3-7,12H2,1-2H3,(H,16,17). The Labute approximate surface area is 110 Å². The van der Waals surface area contributed by atoms with Crippen LogP contribution in [0.4, 0.5) is 5.69 Å². The number of hydrogen-bond acceptors (Lipinski definition) is 2. The molecular weight excluding hydrogens is 226 g/mol. The Kier molecular flexibility index (Phi) is 7.11. The summed E-state index contributed by atoms with van der Waals surface area (Å²) >= 11 is 0. The number of rotatable bonds is 8. The van der Waals surface area contributed by atoms with E-state index in [1.165, 1.54) is 24.8 Å². The number of nitrogens with one attached hydrogen (secondary N) is 1. The highest BCUT2D eigenvalue weighted by atomic mass is 16.5. The minimum absolute atomic E-state index is 0.101. The molecule has 0 fully saturated rings. The van der Waals surface area contributed by atoms with Crippen LogP contribution >= 0.6 is 0 Å². The van der Waals surface area contributed by atoms with Crippen molar-refractivity contribution < 1.29 is 9.53 Å². The molecule has 1 amide bonds. The zero-order chi connectivity index (χ0) is 13.2. The molecule has 0 unspecified atom stereocenters. The van der Waals surface area contributed by atoms with E-state index in [9.17, 15) is 4.79 Å². The van der Waals surface area contributed by atoms with Crippen molar-refractivity contribution >= 4 is 11.6 Å². The Morgan fingerprint density at radius 2 is 1.89 bits per heavy atom. The summed E-state index contributed by atoms with van der Waals surface area (Å²) in [5.41, 5.74) is 2.16. The fourth-order valence-corrected chi connectivity index (χ4v) is 1.73. The average Bonchev–Trinajstić information content (AvgIpc) is 2.39. The number of unbranched alkanes of at least 4 members (excludes halogenated alkanes) is 2. The number of hydrogen-bond donors (Lipinski definition) is 1. The number of benzene rings is 1. The van der Waals surface area contributed by atoms with E-state index in [0.29, 0.717) is 6.61 Å². The van der Waals surface area contributed by atoms with Gasteiger partial charge in [0.15, 0.2) is 0 Å². The van der Waals surface area contributed by atoms with Crippen LogP contribution in [0.3, 0.4) is 0 Å².